The molecule has 0 atom stereocenters. The lowest BCUT2D eigenvalue weighted by Crippen LogP contribution is -1.90. The molecule has 0 aliphatic rings. The Bertz CT molecular complexity index is 445. The Hall–Kier alpha value is -1.35. The lowest BCUT2D eigenvalue weighted by Gasteiger charge is -1.96. The van der Waals surface area contributed by atoms with E-state index in [0.29, 0.717) is 16.4 Å². The van der Waals surface area contributed by atoms with Gasteiger partial charge in [0.2, 0.25) is 0 Å². The van der Waals surface area contributed by atoms with Crippen molar-refractivity contribution >= 4 is 11.6 Å². The summed E-state index contributed by atoms with van der Waals surface area (Å²) in [6.45, 7) is 0. The lowest BCUT2D eigenvalue weighted by molar-refractivity contribution is 0.630. The molecule has 0 fully saturated rings. The number of halogens is 2. The largest absolute Gasteiger partial charge is 0.256 e. The Morgan fingerprint density at radius 2 is 2.07 bits per heavy atom. The standard InChI is InChI=1S/C10H8ClFN2/c1-14-10(11)6-9(13-14)7-4-2-3-5-8(7)12/h2-6H,1H3. The molecule has 2 aromatic rings. The van der Waals surface area contributed by atoms with Gasteiger partial charge in [-0.15, -0.1) is 0 Å². The van der Waals surface area contributed by atoms with E-state index in [1.807, 2.05) is 0 Å². The van der Waals surface area contributed by atoms with Crippen LogP contribution in [0.25, 0.3) is 11.3 Å². The molecule has 72 valence electrons. The van der Waals surface area contributed by atoms with E-state index in [9.17, 15) is 4.39 Å². The first-order valence-electron chi connectivity index (χ1n) is 4.13. The van der Waals surface area contributed by atoms with Gasteiger partial charge in [0, 0.05) is 18.7 Å². The number of rotatable bonds is 1. The lowest BCUT2D eigenvalue weighted by atomic mass is 10.1. The minimum Gasteiger partial charge on any atom is -0.256 e. The molecular formula is C10H8ClFN2. The number of hydrogen-bond acceptors (Lipinski definition) is 1. The minimum atomic E-state index is -0.290. The van der Waals surface area contributed by atoms with E-state index < -0.39 is 0 Å². The van der Waals surface area contributed by atoms with Crippen molar-refractivity contribution in [1.29, 1.82) is 0 Å². The highest BCUT2D eigenvalue weighted by Gasteiger charge is 2.08. The summed E-state index contributed by atoms with van der Waals surface area (Å²) in [7, 11) is 1.71. The molecule has 0 radical (unpaired) electrons. The van der Waals surface area contributed by atoms with Crippen LogP contribution in [-0.4, -0.2) is 9.78 Å². The van der Waals surface area contributed by atoms with Gasteiger partial charge in [-0.2, -0.15) is 5.10 Å². The van der Waals surface area contributed by atoms with Crippen LogP contribution in [-0.2, 0) is 7.05 Å². The van der Waals surface area contributed by atoms with Crippen molar-refractivity contribution in [2.45, 2.75) is 0 Å². The zero-order chi connectivity index (χ0) is 10.1. The summed E-state index contributed by atoms with van der Waals surface area (Å²) < 4.78 is 14.8. The summed E-state index contributed by atoms with van der Waals surface area (Å²) >= 11 is 5.81. The van der Waals surface area contributed by atoms with Crippen LogP contribution in [0.3, 0.4) is 0 Å². The topological polar surface area (TPSA) is 17.8 Å². The minimum absolute atomic E-state index is 0.290. The molecule has 1 aromatic carbocycles. The molecule has 2 rings (SSSR count). The van der Waals surface area contributed by atoms with E-state index in [1.165, 1.54) is 10.7 Å². The van der Waals surface area contributed by atoms with Gasteiger partial charge >= 0.3 is 0 Å². The van der Waals surface area contributed by atoms with E-state index >= 15 is 0 Å². The summed E-state index contributed by atoms with van der Waals surface area (Å²) in [6.07, 6.45) is 0. The molecule has 1 aromatic heterocycles. The van der Waals surface area contributed by atoms with Gasteiger partial charge < -0.3 is 0 Å². The molecule has 4 heteroatoms. The van der Waals surface area contributed by atoms with Crippen molar-refractivity contribution in [3.8, 4) is 11.3 Å². The van der Waals surface area contributed by atoms with Crippen LogP contribution in [0.1, 0.15) is 0 Å². The highest BCUT2D eigenvalue weighted by Crippen LogP contribution is 2.23. The Morgan fingerprint density at radius 3 is 2.64 bits per heavy atom. The molecule has 0 aliphatic carbocycles. The molecule has 0 N–H and O–H groups in total. The molecule has 1 heterocycles. The van der Waals surface area contributed by atoms with Gasteiger partial charge in [-0.3, -0.25) is 4.68 Å². The quantitative estimate of drug-likeness (QED) is 0.708. The molecular weight excluding hydrogens is 203 g/mol. The average molecular weight is 211 g/mol. The fourth-order valence-corrected chi connectivity index (χ4v) is 1.39. The van der Waals surface area contributed by atoms with Crippen LogP contribution in [0.5, 0.6) is 0 Å². The van der Waals surface area contributed by atoms with E-state index in [1.54, 1.807) is 31.3 Å². The number of aryl methyl sites for hydroxylation is 1. The first-order chi connectivity index (χ1) is 6.68. The molecule has 0 bridgehead atoms. The summed E-state index contributed by atoms with van der Waals surface area (Å²) in [6, 6.07) is 8.12. The highest BCUT2D eigenvalue weighted by molar-refractivity contribution is 6.29. The zero-order valence-electron chi connectivity index (χ0n) is 7.54. The predicted octanol–water partition coefficient (Wildman–Crippen LogP) is 2.88. The van der Waals surface area contributed by atoms with Gasteiger partial charge in [-0.05, 0) is 12.1 Å². The average Bonchev–Trinajstić information content (AvgIpc) is 2.48. The zero-order valence-corrected chi connectivity index (χ0v) is 8.29. The Morgan fingerprint density at radius 1 is 1.36 bits per heavy atom. The molecule has 2 nitrogen and oxygen atoms in total. The predicted molar refractivity (Wildman–Crippen MR) is 53.6 cm³/mol. The molecule has 0 amide bonds. The highest BCUT2D eigenvalue weighted by atomic mass is 35.5. The number of hydrogen-bond donors (Lipinski definition) is 0. The molecule has 14 heavy (non-hydrogen) atoms. The first kappa shape index (κ1) is 9.21. The molecule has 0 aliphatic heterocycles. The monoisotopic (exact) mass is 210 g/mol. The summed E-state index contributed by atoms with van der Waals surface area (Å²) in [5.41, 5.74) is 1.02. The second-order valence-corrected chi connectivity index (χ2v) is 3.34. The SMILES string of the molecule is Cn1nc(-c2ccccc2F)cc1Cl. The van der Waals surface area contributed by atoms with Gasteiger partial charge in [0.1, 0.15) is 11.0 Å². The van der Waals surface area contributed by atoms with Crippen molar-refractivity contribution < 1.29 is 4.39 Å². The summed E-state index contributed by atoms with van der Waals surface area (Å²) in [5, 5.41) is 4.58. The smallest absolute Gasteiger partial charge is 0.132 e. The van der Waals surface area contributed by atoms with E-state index in [-0.39, 0.29) is 5.82 Å². The van der Waals surface area contributed by atoms with Crippen LogP contribution in [0.15, 0.2) is 30.3 Å². The Kier molecular flexibility index (Phi) is 2.25. The second-order valence-electron chi connectivity index (χ2n) is 2.96. The van der Waals surface area contributed by atoms with Crippen LogP contribution < -0.4 is 0 Å². The third-order valence-electron chi connectivity index (χ3n) is 1.97. The normalized spacial score (nSPS) is 10.5. The second kappa shape index (κ2) is 3.42. The van der Waals surface area contributed by atoms with Crippen LogP contribution in [0.2, 0.25) is 5.15 Å². The summed E-state index contributed by atoms with van der Waals surface area (Å²) in [4.78, 5) is 0. The van der Waals surface area contributed by atoms with Gasteiger partial charge in [0.25, 0.3) is 0 Å². The van der Waals surface area contributed by atoms with Crippen LogP contribution in [0.4, 0.5) is 4.39 Å². The Balaban J connectivity index is 2.55. The fourth-order valence-electron chi connectivity index (χ4n) is 1.25. The van der Waals surface area contributed by atoms with Crippen molar-refractivity contribution in [3.05, 3.63) is 41.3 Å². The third kappa shape index (κ3) is 1.51. The third-order valence-corrected chi connectivity index (χ3v) is 2.33. The Labute approximate surface area is 85.9 Å². The number of benzene rings is 1. The van der Waals surface area contributed by atoms with Crippen molar-refractivity contribution in [1.82, 2.24) is 9.78 Å². The summed E-state index contributed by atoms with van der Waals surface area (Å²) in [5.74, 6) is -0.290. The maximum atomic E-state index is 13.3. The fraction of sp³-hybridized carbons (Fsp3) is 0.100. The van der Waals surface area contributed by atoms with E-state index in [0.717, 1.165) is 0 Å². The maximum absolute atomic E-state index is 13.3. The van der Waals surface area contributed by atoms with Crippen LogP contribution in [0, 0.1) is 5.82 Å². The van der Waals surface area contributed by atoms with Crippen molar-refractivity contribution in [2.75, 3.05) is 0 Å². The molecule has 0 unspecified atom stereocenters. The van der Waals surface area contributed by atoms with Crippen molar-refractivity contribution in [3.63, 3.8) is 0 Å². The maximum Gasteiger partial charge on any atom is 0.132 e. The van der Waals surface area contributed by atoms with Gasteiger partial charge in [-0.25, -0.2) is 4.39 Å². The van der Waals surface area contributed by atoms with Gasteiger partial charge in [-0.1, -0.05) is 23.7 Å². The van der Waals surface area contributed by atoms with Gasteiger partial charge in [0.05, 0.1) is 5.69 Å². The first-order valence-corrected chi connectivity index (χ1v) is 4.51. The number of nitrogens with zero attached hydrogens (tertiary/aromatic N) is 2. The number of aromatic nitrogens is 2. The molecule has 0 saturated carbocycles. The van der Waals surface area contributed by atoms with Crippen molar-refractivity contribution in [2.24, 2.45) is 7.05 Å². The molecule has 0 saturated heterocycles. The van der Waals surface area contributed by atoms with Gasteiger partial charge in [0.15, 0.2) is 0 Å². The van der Waals surface area contributed by atoms with E-state index in [4.69, 9.17) is 11.6 Å². The van der Waals surface area contributed by atoms with Crippen LogP contribution >= 0.6 is 11.6 Å². The molecule has 0 spiro atoms. The van der Waals surface area contributed by atoms with E-state index in [2.05, 4.69) is 5.10 Å².